The molecule has 1 aromatic heterocycles. The van der Waals surface area contributed by atoms with Gasteiger partial charge >= 0.3 is 12.6 Å². The third-order valence-corrected chi connectivity index (χ3v) is 6.40. The summed E-state index contributed by atoms with van der Waals surface area (Å²) in [5, 5.41) is 9.26. The number of nitrogens with zero attached hydrogens (tertiary/aromatic N) is 1. The number of carboxylic acid groups (broad SMARTS) is 1. The first kappa shape index (κ1) is 20.6. The van der Waals surface area contributed by atoms with Crippen LogP contribution in [0.4, 0.5) is 18.9 Å². The van der Waals surface area contributed by atoms with Crippen LogP contribution >= 0.6 is 11.3 Å². The molecule has 3 aromatic rings. The van der Waals surface area contributed by atoms with Gasteiger partial charge in [0.25, 0.3) is 10.0 Å². The van der Waals surface area contributed by atoms with Crippen LogP contribution < -0.4 is 9.46 Å². The summed E-state index contributed by atoms with van der Waals surface area (Å²) in [7, 11) is -4.24. The maximum atomic E-state index is 13.0. The molecule has 2 aromatic carbocycles. The summed E-state index contributed by atoms with van der Waals surface area (Å²) < 4.78 is 69.5. The molecule has 0 aliphatic rings. The topological polar surface area (TPSA) is 106 Å². The lowest BCUT2D eigenvalue weighted by Crippen LogP contribution is -2.14. The first-order valence-corrected chi connectivity index (χ1v) is 10.0. The first-order valence-electron chi connectivity index (χ1n) is 7.72. The fourth-order valence-corrected chi connectivity index (χ4v) is 4.44. The highest BCUT2D eigenvalue weighted by Crippen LogP contribution is 2.33. The number of aromatic nitrogens is 1. The predicted molar refractivity (Wildman–Crippen MR) is 98.3 cm³/mol. The Morgan fingerprint density at radius 1 is 1.17 bits per heavy atom. The molecule has 0 saturated heterocycles. The maximum Gasteiger partial charge on any atom is 0.387 e. The minimum Gasteiger partial charge on any atom is -0.478 e. The van der Waals surface area contributed by atoms with Crippen molar-refractivity contribution in [3.63, 3.8) is 0 Å². The molecule has 7 nitrogen and oxygen atoms in total. The molecule has 0 atom stereocenters. The van der Waals surface area contributed by atoms with E-state index in [9.17, 15) is 26.4 Å². The molecule has 0 radical (unpaired) electrons. The third-order valence-electron chi connectivity index (χ3n) is 3.53. The second kappa shape index (κ2) is 8.09. The fourth-order valence-electron chi connectivity index (χ4n) is 2.24. The van der Waals surface area contributed by atoms with Gasteiger partial charge in [0.1, 0.15) is 10.8 Å². The monoisotopic (exact) mass is 444 g/mol. The Hall–Kier alpha value is -3.12. The summed E-state index contributed by atoms with van der Waals surface area (Å²) in [6.45, 7) is -3.30. The Morgan fingerprint density at radius 2 is 1.86 bits per heavy atom. The molecule has 0 aliphatic carbocycles. The number of carboxylic acids is 1. The number of hydrogen-bond acceptors (Lipinski definition) is 6. The van der Waals surface area contributed by atoms with Gasteiger partial charge in [0.2, 0.25) is 0 Å². The molecule has 2 N–H and O–H groups in total. The molecule has 12 heteroatoms. The number of benzene rings is 2. The van der Waals surface area contributed by atoms with Gasteiger partial charge in [0.15, 0.2) is 9.96 Å². The van der Waals surface area contributed by atoms with Gasteiger partial charge in [-0.3, -0.25) is 4.72 Å². The number of alkyl halides is 2. The predicted octanol–water partition coefficient (Wildman–Crippen LogP) is 4.05. The molecule has 29 heavy (non-hydrogen) atoms. The maximum absolute atomic E-state index is 13.0. The number of sulfonamides is 1. The fraction of sp³-hybridized carbons (Fsp3) is 0.0588. The largest absolute Gasteiger partial charge is 0.478 e. The Kier molecular flexibility index (Phi) is 5.75. The molecule has 0 spiro atoms. The van der Waals surface area contributed by atoms with E-state index in [-0.39, 0.29) is 15.5 Å². The van der Waals surface area contributed by atoms with Crippen molar-refractivity contribution in [1.29, 1.82) is 0 Å². The molecule has 0 saturated carbocycles. The highest BCUT2D eigenvalue weighted by Gasteiger charge is 2.22. The number of aromatic carboxylic acids is 1. The normalized spacial score (nSPS) is 11.4. The molecule has 152 valence electrons. The van der Waals surface area contributed by atoms with Gasteiger partial charge < -0.3 is 9.84 Å². The summed E-state index contributed by atoms with van der Waals surface area (Å²) in [5.41, 5.74) is -0.239. The van der Waals surface area contributed by atoms with Crippen molar-refractivity contribution in [2.45, 2.75) is 10.8 Å². The van der Waals surface area contributed by atoms with Crippen molar-refractivity contribution < 1.29 is 36.2 Å². The van der Waals surface area contributed by atoms with Crippen LogP contribution in [0.2, 0.25) is 0 Å². The van der Waals surface area contributed by atoms with E-state index in [0.717, 1.165) is 35.7 Å². The van der Waals surface area contributed by atoms with E-state index in [4.69, 9.17) is 5.11 Å². The van der Waals surface area contributed by atoms with Gasteiger partial charge in [-0.15, -0.1) is 11.3 Å². The lowest BCUT2D eigenvalue weighted by Gasteiger charge is -2.13. The SMILES string of the molecule is O=C(O)c1ccc(NS(=O)(=O)c2cnc(-c3ccc(F)cc3)s2)c(OC(F)F)c1. The molecule has 0 unspecified atom stereocenters. The second-order valence-electron chi connectivity index (χ2n) is 5.49. The van der Waals surface area contributed by atoms with E-state index < -0.39 is 34.2 Å². The van der Waals surface area contributed by atoms with Gasteiger partial charge in [-0.05, 0) is 42.5 Å². The number of hydrogen-bond donors (Lipinski definition) is 2. The van der Waals surface area contributed by atoms with E-state index >= 15 is 0 Å². The Balaban J connectivity index is 1.91. The summed E-state index contributed by atoms with van der Waals surface area (Å²) in [5.74, 6) is -2.51. The van der Waals surface area contributed by atoms with Crippen molar-refractivity contribution >= 4 is 33.0 Å². The van der Waals surface area contributed by atoms with Gasteiger partial charge in [-0.25, -0.2) is 22.6 Å². The lowest BCUT2D eigenvalue weighted by atomic mass is 10.2. The number of anilines is 1. The van der Waals surface area contributed by atoms with E-state index in [1.807, 2.05) is 0 Å². The molecule has 1 heterocycles. The Morgan fingerprint density at radius 3 is 2.48 bits per heavy atom. The minimum absolute atomic E-state index is 0.234. The van der Waals surface area contributed by atoms with Crippen molar-refractivity contribution in [3.8, 4) is 16.3 Å². The number of thiazole rings is 1. The summed E-state index contributed by atoms with van der Waals surface area (Å²) >= 11 is 0.779. The van der Waals surface area contributed by atoms with E-state index in [1.165, 1.54) is 24.3 Å². The number of nitrogens with one attached hydrogen (secondary N) is 1. The van der Waals surface area contributed by atoms with E-state index in [1.54, 1.807) is 0 Å². The van der Waals surface area contributed by atoms with Crippen molar-refractivity contribution in [3.05, 3.63) is 60.0 Å². The van der Waals surface area contributed by atoms with Gasteiger partial charge in [-0.2, -0.15) is 8.78 Å². The standard InChI is InChI=1S/C17H11F3N2O5S2/c18-11-4-1-9(2-5-11)15-21-8-14(28-15)29(25,26)22-12-6-3-10(16(23)24)7-13(12)27-17(19)20/h1-8,17,22H,(H,23,24). The Labute approximate surface area is 166 Å². The van der Waals surface area contributed by atoms with Crippen molar-refractivity contribution in [2.75, 3.05) is 4.72 Å². The number of carbonyl (C=O) groups is 1. The number of halogens is 3. The molecule has 0 amide bonds. The van der Waals surface area contributed by atoms with Crippen LogP contribution in [0.1, 0.15) is 10.4 Å². The molecule has 0 bridgehead atoms. The highest BCUT2D eigenvalue weighted by molar-refractivity contribution is 7.94. The van der Waals surface area contributed by atoms with Crippen molar-refractivity contribution in [2.24, 2.45) is 0 Å². The highest BCUT2D eigenvalue weighted by atomic mass is 32.2. The summed E-state index contributed by atoms with van der Waals surface area (Å²) in [4.78, 5) is 15.0. The van der Waals surface area contributed by atoms with Crippen LogP contribution in [0.15, 0.2) is 52.9 Å². The minimum atomic E-state index is -4.24. The number of rotatable bonds is 7. The molecular formula is C17H11F3N2O5S2. The lowest BCUT2D eigenvalue weighted by molar-refractivity contribution is -0.0494. The van der Waals surface area contributed by atoms with Crippen LogP contribution in [0.5, 0.6) is 5.75 Å². The van der Waals surface area contributed by atoms with Crippen LogP contribution in [0.3, 0.4) is 0 Å². The summed E-state index contributed by atoms with van der Waals surface area (Å²) in [6.07, 6.45) is 1.06. The molecule has 0 aliphatic heterocycles. The summed E-state index contributed by atoms with van der Waals surface area (Å²) in [6, 6.07) is 8.06. The second-order valence-corrected chi connectivity index (χ2v) is 8.43. The first-order chi connectivity index (χ1) is 13.7. The van der Waals surface area contributed by atoms with Crippen LogP contribution in [0.25, 0.3) is 10.6 Å². The van der Waals surface area contributed by atoms with Crippen LogP contribution in [0, 0.1) is 5.82 Å². The van der Waals surface area contributed by atoms with Gasteiger partial charge in [-0.1, -0.05) is 0 Å². The third kappa shape index (κ3) is 4.84. The van der Waals surface area contributed by atoms with Gasteiger partial charge in [0.05, 0.1) is 17.4 Å². The zero-order chi connectivity index (χ0) is 21.2. The smallest absolute Gasteiger partial charge is 0.387 e. The average Bonchev–Trinajstić information content (AvgIpc) is 3.14. The molecule has 0 fully saturated rings. The van der Waals surface area contributed by atoms with Gasteiger partial charge in [0, 0.05) is 5.56 Å². The Bertz CT molecular complexity index is 1150. The molecular weight excluding hydrogens is 433 g/mol. The van der Waals surface area contributed by atoms with E-state index in [0.29, 0.717) is 10.6 Å². The molecule has 3 rings (SSSR count). The van der Waals surface area contributed by atoms with Crippen LogP contribution in [-0.4, -0.2) is 31.1 Å². The average molecular weight is 444 g/mol. The van der Waals surface area contributed by atoms with E-state index in [2.05, 4.69) is 14.4 Å². The zero-order valence-electron chi connectivity index (χ0n) is 14.2. The quantitative estimate of drug-likeness (QED) is 0.570. The zero-order valence-corrected chi connectivity index (χ0v) is 15.8. The van der Waals surface area contributed by atoms with Crippen LogP contribution in [-0.2, 0) is 10.0 Å². The number of ether oxygens (including phenoxy) is 1. The van der Waals surface area contributed by atoms with Crippen molar-refractivity contribution in [1.82, 2.24) is 4.98 Å².